The lowest BCUT2D eigenvalue weighted by molar-refractivity contribution is 0.413. The van der Waals surface area contributed by atoms with Crippen LogP contribution in [0.25, 0.3) is 11.1 Å². The van der Waals surface area contributed by atoms with Gasteiger partial charge in [0.15, 0.2) is 0 Å². The molecule has 18 heavy (non-hydrogen) atoms. The van der Waals surface area contributed by atoms with Crippen molar-refractivity contribution in [3.8, 4) is 16.9 Å². The fourth-order valence-corrected chi connectivity index (χ4v) is 2.70. The van der Waals surface area contributed by atoms with Crippen molar-refractivity contribution < 1.29 is 9.13 Å². The molecule has 5 heteroatoms. The van der Waals surface area contributed by atoms with Crippen molar-refractivity contribution in [2.75, 3.05) is 7.11 Å². The van der Waals surface area contributed by atoms with Gasteiger partial charge in [-0.3, -0.25) is 0 Å². The summed E-state index contributed by atoms with van der Waals surface area (Å²) in [5.41, 5.74) is 0.601. The van der Waals surface area contributed by atoms with E-state index in [1.165, 1.54) is 25.3 Å². The van der Waals surface area contributed by atoms with E-state index in [0.717, 1.165) is 0 Å². The summed E-state index contributed by atoms with van der Waals surface area (Å²) in [5.74, 6) is -0.0957. The van der Waals surface area contributed by atoms with Gasteiger partial charge in [0.05, 0.1) is 22.7 Å². The standard InChI is InChI=1S/C13H8Cl3FO/c1-18-11-4-2-3-10(17)13(11)12-8(15)5-7(14)6-9(12)16/h2-6H,1H3. The van der Waals surface area contributed by atoms with Crippen LogP contribution < -0.4 is 4.74 Å². The molecule has 0 fully saturated rings. The van der Waals surface area contributed by atoms with Crippen LogP contribution in [0.3, 0.4) is 0 Å². The molecule has 0 aliphatic carbocycles. The average molecular weight is 306 g/mol. The molecule has 0 amide bonds. The molecule has 94 valence electrons. The largest absolute Gasteiger partial charge is 0.496 e. The predicted octanol–water partition coefficient (Wildman–Crippen LogP) is 5.46. The lowest BCUT2D eigenvalue weighted by atomic mass is 10.0. The van der Waals surface area contributed by atoms with Gasteiger partial charge in [0.1, 0.15) is 11.6 Å². The van der Waals surface area contributed by atoms with Crippen molar-refractivity contribution in [3.63, 3.8) is 0 Å². The van der Waals surface area contributed by atoms with Gasteiger partial charge in [-0.25, -0.2) is 4.39 Å². The van der Waals surface area contributed by atoms with Crippen LogP contribution in [0.1, 0.15) is 0 Å². The first-order chi connectivity index (χ1) is 8.54. The molecule has 0 unspecified atom stereocenters. The second-order valence-corrected chi connectivity index (χ2v) is 4.81. The number of hydrogen-bond donors (Lipinski definition) is 0. The van der Waals surface area contributed by atoms with Crippen LogP contribution in [0.2, 0.25) is 15.1 Å². The number of methoxy groups -OCH3 is 1. The maximum atomic E-state index is 14.0. The van der Waals surface area contributed by atoms with Gasteiger partial charge in [-0.2, -0.15) is 0 Å². The summed E-state index contributed by atoms with van der Waals surface area (Å²) in [4.78, 5) is 0. The Balaban J connectivity index is 2.77. The molecule has 2 rings (SSSR count). The topological polar surface area (TPSA) is 9.23 Å². The average Bonchev–Trinajstić information content (AvgIpc) is 2.29. The van der Waals surface area contributed by atoms with Gasteiger partial charge >= 0.3 is 0 Å². The molecule has 0 radical (unpaired) electrons. The number of ether oxygens (including phenoxy) is 1. The van der Waals surface area contributed by atoms with Crippen LogP contribution in [0.5, 0.6) is 5.75 Å². The molecule has 0 heterocycles. The van der Waals surface area contributed by atoms with E-state index in [-0.39, 0.29) is 15.6 Å². The lowest BCUT2D eigenvalue weighted by Gasteiger charge is -2.13. The number of rotatable bonds is 2. The lowest BCUT2D eigenvalue weighted by Crippen LogP contribution is -1.93. The van der Waals surface area contributed by atoms with E-state index in [9.17, 15) is 4.39 Å². The molecular weight excluding hydrogens is 297 g/mol. The Bertz CT molecular complexity index is 576. The van der Waals surface area contributed by atoms with Gasteiger partial charge in [-0.05, 0) is 24.3 Å². The van der Waals surface area contributed by atoms with Crippen molar-refractivity contribution >= 4 is 34.8 Å². The zero-order valence-corrected chi connectivity index (χ0v) is 11.6. The van der Waals surface area contributed by atoms with Gasteiger partial charge < -0.3 is 4.74 Å². The van der Waals surface area contributed by atoms with Crippen molar-refractivity contribution in [3.05, 3.63) is 51.2 Å². The molecule has 0 N–H and O–H groups in total. The van der Waals surface area contributed by atoms with E-state index >= 15 is 0 Å². The molecule has 2 aromatic rings. The van der Waals surface area contributed by atoms with Gasteiger partial charge in [-0.1, -0.05) is 40.9 Å². The van der Waals surface area contributed by atoms with E-state index < -0.39 is 5.82 Å². The van der Waals surface area contributed by atoms with E-state index in [1.54, 1.807) is 12.1 Å². The highest BCUT2D eigenvalue weighted by Gasteiger charge is 2.18. The van der Waals surface area contributed by atoms with Crippen LogP contribution in [0, 0.1) is 5.82 Å². The second kappa shape index (κ2) is 5.35. The summed E-state index contributed by atoms with van der Waals surface area (Å²) in [6.45, 7) is 0. The number of benzene rings is 2. The molecule has 0 aliphatic rings. The molecule has 0 aliphatic heterocycles. The van der Waals surface area contributed by atoms with Crippen LogP contribution in [-0.4, -0.2) is 7.11 Å². The number of hydrogen-bond acceptors (Lipinski definition) is 1. The third-order valence-corrected chi connectivity index (χ3v) is 3.27. The molecule has 0 saturated heterocycles. The minimum Gasteiger partial charge on any atom is -0.496 e. The first kappa shape index (κ1) is 13.5. The fourth-order valence-electron chi connectivity index (χ4n) is 1.70. The quantitative estimate of drug-likeness (QED) is 0.715. The van der Waals surface area contributed by atoms with E-state index in [4.69, 9.17) is 39.5 Å². The van der Waals surface area contributed by atoms with Crippen LogP contribution >= 0.6 is 34.8 Å². The first-order valence-corrected chi connectivity index (χ1v) is 6.15. The Morgan fingerprint density at radius 2 is 1.61 bits per heavy atom. The predicted molar refractivity (Wildman–Crippen MR) is 73.4 cm³/mol. The van der Waals surface area contributed by atoms with Gasteiger partial charge in [-0.15, -0.1) is 0 Å². The highest BCUT2D eigenvalue weighted by molar-refractivity contribution is 6.41. The Labute approximate surface area is 119 Å². The highest BCUT2D eigenvalue weighted by Crippen LogP contribution is 2.42. The van der Waals surface area contributed by atoms with Gasteiger partial charge in [0.2, 0.25) is 0 Å². The fraction of sp³-hybridized carbons (Fsp3) is 0.0769. The second-order valence-electron chi connectivity index (χ2n) is 3.56. The Morgan fingerprint density at radius 1 is 1.00 bits per heavy atom. The van der Waals surface area contributed by atoms with Crippen molar-refractivity contribution in [1.29, 1.82) is 0 Å². The summed E-state index contributed by atoms with van der Waals surface area (Å²) in [7, 11) is 1.45. The molecule has 0 saturated carbocycles. The minimum absolute atomic E-state index is 0.228. The summed E-state index contributed by atoms with van der Waals surface area (Å²) >= 11 is 18.0. The van der Waals surface area contributed by atoms with Crippen molar-refractivity contribution in [2.45, 2.75) is 0 Å². The van der Waals surface area contributed by atoms with E-state index in [0.29, 0.717) is 16.3 Å². The zero-order chi connectivity index (χ0) is 13.3. The third-order valence-electron chi connectivity index (χ3n) is 2.45. The smallest absolute Gasteiger partial charge is 0.134 e. The minimum atomic E-state index is -0.458. The molecule has 1 nitrogen and oxygen atoms in total. The molecule has 0 bridgehead atoms. The molecular formula is C13H8Cl3FO. The Hall–Kier alpha value is -0.960. The van der Waals surface area contributed by atoms with E-state index in [2.05, 4.69) is 0 Å². The first-order valence-electron chi connectivity index (χ1n) is 5.02. The summed E-state index contributed by atoms with van der Waals surface area (Å²) in [5, 5.41) is 0.941. The Kier molecular flexibility index (Phi) is 4.00. The normalized spacial score (nSPS) is 10.5. The zero-order valence-electron chi connectivity index (χ0n) is 9.31. The maximum absolute atomic E-state index is 14.0. The summed E-state index contributed by atoms with van der Waals surface area (Å²) < 4.78 is 19.1. The van der Waals surface area contributed by atoms with Crippen LogP contribution in [0.15, 0.2) is 30.3 Å². The maximum Gasteiger partial charge on any atom is 0.134 e. The highest BCUT2D eigenvalue weighted by atomic mass is 35.5. The van der Waals surface area contributed by atoms with Crippen molar-refractivity contribution in [1.82, 2.24) is 0 Å². The van der Waals surface area contributed by atoms with Crippen LogP contribution in [0.4, 0.5) is 4.39 Å². The molecule has 0 atom stereocenters. The summed E-state index contributed by atoms with van der Waals surface area (Å²) in [6, 6.07) is 7.53. The third kappa shape index (κ3) is 2.41. The monoisotopic (exact) mass is 304 g/mol. The molecule has 0 aromatic heterocycles. The van der Waals surface area contributed by atoms with E-state index in [1.807, 2.05) is 0 Å². The van der Waals surface area contributed by atoms with Crippen LogP contribution in [-0.2, 0) is 0 Å². The molecule has 2 aromatic carbocycles. The van der Waals surface area contributed by atoms with Gasteiger partial charge in [0.25, 0.3) is 0 Å². The SMILES string of the molecule is COc1cccc(F)c1-c1c(Cl)cc(Cl)cc1Cl. The van der Waals surface area contributed by atoms with Crippen molar-refractivity contribution in [2.24, 2.45) is 0 Å². The number of halogens is 4. The summed E-state index contributed by atoms with van der Waals surface area (Å²) in [6.07, 6.45) is 0. The molecule has 0 spiro atoms. The van der Waals surface area contributed by atoms with Gasteiger partial charge in [0, 0.05) is 10.6 Å². The Morgan fingerprint density at radius 3 is 2.17 bits per heavy atom.